The molecule has 18 aromatic carbocycles. The number of rotatable bonds is 9. The van der Waals surface area contributed by atoms with Crippen LogP contribution in [0.5, 0.6) is 0 Å². The first-order chi connectivity index (χ1) is 62.4. The maximum absolute atomic E-state index is 6.24. The molecule has 588 valence electrons. The highest BCUT2D eigenvalue weighted by atomic mass is 32.1. The number of benzene rings is 18. The molecule has 0 atom stereocenters. The molecule has 0 saturated heterocycles. The molecule has 0 unspecified atom stereocenters. The Morgan fingerprint density at radius 2 is 0.508 bits per heavy atom. The summed E-state index contributed by atoms with van der Waals surface area (Å²) in [6.45, 7) is 0. The largest absolute Gasteiger partial charge is 0.456 e. The van der Waals surface area contributed by atoms with E-state index < -0.39 is 0 Å². The minimum Gasteiger partial charge on any atom is -0.456 e. The fourth-order valence-electron chi connectivity index (χ4n) is 18.8. The van der Waals surface area contributed by atoms with E-state index in [-0.39, 0.29) is 0 Å². The summed E-state index contributed by atoms with van der Waals surface area (Å²) in [6.07, 6.45) is 0. The van der Waals surface area contributed by atoms with Gasteiger partial charge in [-0.25, -0.2) is 29.9 Å². The van der Waals surface area contributed by atoms with E-state index >= 15 is 0 Å². The summed E-state index contributed by atoms with van der Waals surface area (Å²) in [5, 5.41) is 18.1. The molecule has 10 nitrogen and oxygen atoms in total. The Balaban J connectivity index is 0.000000103. The van der Waals surface area contributed by atoms with Crippen LogP contribution in [0.2, 0.25) is 0 Å². The van der Waals surface area contributed by atoms with Crippen LogP contribution in [0, 0.1) is 0 Å². The summed E-state index contributed by atoms with van der Waals surface area (Å²) in [7, 11) is 0. The second-order valence-electron chi connectivity index (χ2n) is 31.9. The summed E-state index contributed by atoms with van der Waals surface area (Å²) in [5.41, 5.74) is 24.1. The molecule has 0 aliphatic carbocycles. The molecule has 0 saturated carbocycles. The number of hydrogen-bond donors (Lipinski definition) is 0. The van der Waals surface area contributed by atoms with Gasteiger partial charge in [-0.15, -0.1) is 22.7 Å². The number of furan rings is 1. The Kier molecular flexibility index (Phi) is 17.1. The molecule has 126 heavy (non-hydrogen) atoms. The Labute approximate surface area is 729 Å². The Morgan fingerprint density at radius 3 is 0.944 bits per heavy atom. The van der Waals surface area contributed by atoms with Crippen molar-refractivity contribution in [1.29, 1.82) is 0 Å². The Bertz CT molecular complexity index is 8690. The predicted octanol–water partition coefficient (Wildman–Crippen LogP) is 30.8. The first-order valence-corrected chi connectivity index (χ1v) is 43.9. The minimum atomic E-state index is 0.716. The van der Waals surface area contributed by atoms with Gasteiger partial charge in [0, 0.05) is 150 Å². The van der Waals surface area contributed by atoms with Gasteiger partial charge in [0.2, 0.25) is 0 Å². The van der Waals surface area contributed by atoms with Crippen LogP contribution in [0.1, 0.15) is 0 Å². The van der Waals surface area contributed by atoms with Crippen LogP contribution in [-0.2, 0) is 0 Å². The lowest BCUT2D eigenvalue weighted by atomic mass is 10.1. The van der Waals surface area contributed by atoms with Gasteiger partial charge in [-0.2, -0.15) is 0 Å². The van der Waals surface area contributed by atoms with Crippen molar-refractivity contribution in [2.45, 2.75) is 0 Å². The predicted molar refractivity (Wildman–Crippen MR) is 527 cm³/mol. The summed E-state index contributed by atoms with van der Waals surface area (Å²) in [6, 6.07) is 147. The number of nitrogens with zero attached hydrogens (tertiary/aromatic N) is 9. The number of fused-ring (bicyclic) bond motifs is 21. The highest BCUT2D eigenvalue weighted by molar-refractivity contribution is 7.26. The van der Waals surface area contributed by atoms with Crippen molar-refractivity contribution in [1.82, 2.24) is 43.6 Å². The average molecular weight is 1650 g/mol. The van der Waals surface area contributed by atoms with E-state index in [2.05, 4.69) is 353 Å². The van der Waals surface area contributed by atoms with Crippen LogP contribution >= 0.6 is 22.7 Å². The first-order valence-electron chi connectivity index (χ1n) is 42.3. The third-order valence-corrected chi connectivity index (χ3v) is 26.9. The summed E-state index contributed by atoms with van der Waals surface area (Å²) in [4.78, 5) is 30.2. The molecular weight excluding hydrogens is 1580 g/mol. The van der Waals surface area contributed by atoms with Gasteiger partial charge in [-0.3, -0.25) is 0 Å². The van der Waals surface area contributed by atoms with E-state index in [1.165, 1.54) is 94.7 Å². The molecule has 0 spiro atoms. The van der Waals surface area contributed by atoms with E-state index in [1.807, 2.05) is 102 Å². The van der Waals surface area contributed by atoms with E-state index in [4.69, 9.17) is 34.3 Å². The van der Waals surface area contributed by atoms with Crippen molar-refractivity contribution in [3.05, 3.63) is 419 Å². The smallest absolute Gasteiger partial charge is 0.160 e. The topological polar surface area (TPSA) is 105 Å². The van der Waals surface area contributed by atoms with Gasteiger partial charge in [-0.1, -0.05) is 267 Å². The van der Waals surface area contributed by atoms with E-state index in [1.54, 1.807) is 0 Å². The molecular formula is C114H69N9OS2. The molecule has 27 aromatic rings. The van der Waals surface area contributed by atoms with Crippen molar-refractivity contribution in [3.63, 3.8) is 0 Å². The molecule has 0 N–H and O–H groups in total. The fraction of sp³-hybridized carbons (Fsp3) is 0. The van der Waals surface area contributed by atoms with Crippen LogP contribution in [0.15, 0.2) is 423 Å². The maximum atomic E-state index is 6.24. The average Bonchev–Trinajstić information content (AvgIpc) is 1.58. The van der Waals surface area contributed by atoms with Gasteiger partial charge >= 0.3 is 0 Å². The standard InChI is InChI=1S/C38H23N3O.2C38H23N3S/c1-2-10-24(11-3-1)37-29-14-4-7-15-32(29)39-38(40-37)25-18-20-26(21-19-25)41-33-16-8-5-12-27(33)30-23-36-31(22-34(30)41)28-13-6-9-17-35(28)42-36;1-2-11-24(12-3-1)37-29-17-4-7-18-32(29)39-38(40-37)25-13-10-14-26(21-25)41-33-19-8-5-15-27(33)30-23-36-31(22-34(30)41)28-16-6-9-20-35(28)42-36;1-2-10-24(11-3-1)37-29-14-4-7-15-32(29)39-38(40-37)25-18-20-26(21-19-25)41-33-16-8-5-12-27(33)30-23-36-31(22-34(30)41)28-13-6-9-17-35(28)42-36/h3*1-23H. The molecule has 12 heteroatoms. The molecule has 0 amide bonds. The molecule has 0 bridgehead atoms. The fourth-order valence-corrected chi connectivity index (χ4v) is 21.0. The molecule has 0 fully saturated rings. The molecule has 9 aromatic heterocycles. The lowest BCUT2D eigenvalue weighted by molar-refractivity contribution is 0.669. The van der Waals surface area contributed by atoms with Crippen LogP contribution in [0.4, 0.5) is 0 Å². The zero-order chi connectivity index (χ0) is 82.9. The van der Waals surface area contributed by atoms with E-state index in [0.717, 1.165) is 145 Å². The lowest BCUT2D eigenvalue weighted by Crippen LogP contribution is -1.97. The molecule has 9 heterocycles. The lowest BCUT2D eigenvalue weighted by Gasteiger charge is -2.12. The molecule has 0 radical (unpaired) electrons. The third kappa shape index (κ3) is 12.2. The Morgan fingerprint density at radius 1 is 0.175 bits per heavy atom. The van der Waals surface area contributed by atoms with E-state index in [9.17, 15) is 0 Å². The van der Waals surface area contributed by atoms with Crippen molar-refractivity contribution >= 4 is 183 Å². The zero-order valence-corrected chi connectivity index (χ0v) is 69.2. The van der Waals surface area contributed by atoms with Gasteiger partial charge in [-0.05, 0) is 152 Å². The zero-order valence-electron chi connectivity index (χ0n) is 67.6. The van der Waals surface area contributed by atoms with Crippen LogP contribution < -0.4 is 0 Å². The summed E-state index contributed by atoms with van der Waals surface area (Å²) >= 11 is 3.73. The number of aromatic nitrogens is 9. The van der Waals surface area contributed by atoms with E-state index in [0.29, 0.717) is 5.82 Å². The number of hydrogen-bond acceptors (Lipinski definition) is 9. The van der Waals surface area contributed by atoms with Crippen molar-refractivity contribution in [2.24, 2.45) is 0 Å². The third-order valence-electron chi connectivity index (χ3n) is 24.6. The summed E-state index contributed by atoms with van der Waals surface area (Å²) in [5.74, 6) is 2.17. The van der Waals surface area contributed by atoms with Gasteiger partial charge in [0.05, 0.1) is 66.7 Å². The highest BCUT2D eigenvalue weighted by Gasteiger charge is 2.23. The molecule has 27 rings (SSSR count). The van der Waals surface area contributed by atoms with Crippen molar-refractivity contribution in [3.8, 4) is 85.0 Å². The van der Waals surface area contributed by atoms with Crippen LogP contribution in [0.25, 0.3) is 245 Å². The second kappa shape index (κ2) is 29.8. The molecule has 0 aliphatic rings. The number of thiophene rings is 2. The van der Waals surface area contributed by atoms with Crippen LogP contribution in [-0.4, -0.2) is 43.6 Å². The minimum absolute atomic E-state index is 0.716. The highest BCUT2D eigenvalue weighted by Crippen LogP contribution is 2.46. The number of para-hydroxylation sites is 7. The van der Waals surface area contributed by atoms with Crippen LogP contribution in [0.3, 0.4) is 0 Å². The first kappa shape index (κ1) is 72.4. The van der Waals surface area contributed by atoms with Gasteiger partial charge in [0.1, 0.15) is 11.2 Å². The molecule has 0 aliphatic heterocycles. The van der Waals surface area contributed by atoms with Crippen molar-refractivity contribution < 1.29 is 4.42 Å². The second-order valence-corrected chi connectivity index (χ2v) is 34.1. The normalized spacial score (nSPS) is 11.8. The van der Waals surface area contributed by atoms with Gasteiger partial charge in [0.15, 0.2) is 17.5 Å². The van der Waals surface area contributed by atoms with Crippen molar-refractivity contribution in [2.75, 3.05) is 0 Å². The van der Waals surface area contributed by atoms with Gasteiger partial charge < -0.3 is 18.1 Å². The SMILES string of the molecule is c1ccc(-c2nc(-c3ccc(-n4c5ccccc5c5cc6oc7ccccc7c6cc54)cc3)nc3ccccc23)cc1.c1ccc(-c2nc(-c3ccc(-n4c5ccccc5c5cc6sc7ccccc7c6cc54)cc3)nc3ccccc23)cc1.c1ccc(-c2nc(-c3cccc(-n4c5ccccc5c5cc6sc7ccccc7c6cc54)c3)nc3ccccc23)cc1. The van der Waals surface area contributed by atoms with Gasteiger partial charge in [0.25, 0.3) is 0 Å². The Hall–Kier alpha value is -16.4. The quantitative estimate of drug-likeness (QED) is 0.142. The summed E-state index contributed by atoms with van der Waals surface area (Å²) < 4.78 is 18.6. The maximum Gasteiger partial charge on any atom is 0.160 e. The monoisotopic (exact) mass is 1640 g/mol.